The number of aromatic nitrogens is 3. The number of rotatable bonds is 6. The SMILES string of the molecule is CCNC(=NCc1nncn1CC)NC1CCN(c2c(F)cccc2F)C1.I. The predicted molar refractivity (Wildman–Crippen MR) is 116 cm³/mol. The monoisotopic (exact) mass is 505 g/mol. The lowest BCUT2D eigenvalue weighted by Crippen LogP contribution is -2.44. The van der Waals surface area contributed by atoms with E-state index < -0.39 is 11.6 Å². The summed E-state index contributed by atoms with van der Waals surface area (Å²) >= 11 is 0. The van der Waals surface area contributed by atoms with E-state index in [4.69, 9.17) is 0 Å². The van der Waals surface area contributed by atoms with Gasteiger partial charge in [0, 0.05) is 32.2 Å². The van der Waals surface area contributed by atoms with E-state index in [-0.39, 0.29) is 35.7 Å². The van der Waals surface area contributed by atoms with E-state index in [0.717, 1.165) is 18.8 Å². The first-order valence-corrected chi connectivity index (χ1v) is 9.22. The van der Waals surface area contributed by atoms with Crippen LogP contribution < -0.4 is 15.5 Å². The van der Waals surface area contributed by atoms with Crippen molar-refractivity contribution < 1.29 is 8.78 Å². The van der Waals surface area contributed by atoms with Crippen LogP contribution in [-0.4, -0.2) is 46.4 Å². The first-order valence-electron chi connectivity index (χ1n) is 9.22. The number of guanidine groups is 1. The molecule has 1 aliphatic heterocycles. The molecular formula is C18H26F2IN7. The summed E-state index contributed by atoms with van der Waals surface area (Å²) < 4.78 is 30.0. The molecule has 2 N–H and O–H groups in total. The Hall–Kier alpha value is -1.98. The number of aryl methyl sites for hydroxylation is 1. The summed E-state index contributed by atoms with van der Waals surface area (Å²) in [5, 5.41) is 14.5. The number of benzene rings is 1. The minimum Gasteiger partial charge on any atom is -0.365 e. The number of aliphatic imine (C=N–C) groups is 1. The topological polar surface area (TPSA) is 70.4 Å². The van der Waals surface area contributed by atoms with Gasteiger partial charge in [0.25, 0.3) is 0 Å². The summed E-state index contributed by atoms with van der Waals surface area (Å²) in [5.74, 6) is 0.380. The van der Waals surface area contributed by atoms with Gasteiger partial charge in [-0.2, -0.15) is 0 Å². The van der Waals surface area contributed by atoms with E-state index in [1.54, 1.807) is 11.2 Å². The van der Waals surface area contributed by atoms with E-state index in [2.05, 4.69) is 25.8 Å². The Kier molecular flexibility index (Phi) is 8.39. The van der Waals surface area contributed by atoms with Gasteiger partial charge in [-0.1, -0.05) is 6.07 Å². The lowest BCUT2D eigenvalue weighted by molar-refractivity contribution is 0.576. The van der Waals surface area contributed by atoms with Gasteiger partial charge < -0.3 is 20.1 Å². The zero-order valence-corrected chi connectivity index (χ0v) is 18.4. The third kappa shape index (κ3) is 5.30. The third-order valence-electron chi connectivity index (χ3n) is 4.54. The average Bonchev–Trinajstić information content (AvgIpc) is 3.29. The molecule has 2 heterocycles. The summed E-state index contributed by atoms with van der Waals surface area (Å²) in [6.07, 6.45) is 2.45. The van der Waals surface area contributed by atoms with Crippen molar-refractivity contribution in [3.05, 3.63) is 42.0 Å². The van der Waals surface area contributed by atoms with Gasteiger partial charge >= 0.3 is 0 Å². The Morgan fingerprint density at radius 3 is 2.71 bits per heavy atom. The van der Waals surface area contributed by atoms with Gasteiger partial charge in [0.2, 0.25) is 0 Å². The third-order valence-corrected chi connectivity index (χ3v) is 4.54. The second kappa shape index (κ2) is 10.5. The molecule has 0 aliphatic carbocycles. The van der Waals surface area contributed by atoms with Crippen LogP contribution in [0.1, 0.15) is 26.1 Å². The number of nitrogens with one attached hydrogen (secondary N) is 2. The van der Waals surface area contributed by atoms with E-state index in [9.17, 15) is 8.78 Å². The second-order valence-corrected chi connectivity index (χ2v) is 6.37. The van der Waals surface area contributed by atoms with Crippen LogP contribution in [0.5, 0.6) is 0 Å². The van der Waals surface area contributed by atoms with Gasteiger partial charge in [0.05, 0.1) is 0 Å². The van der Waals surface area contributed by atoms with E-state index in [0.29, 0.717) is 32.1 Å². The molecule has 154 valence electrons. The summed E-state index contributed by atoms with van der Waals surface area (Å²) in [4.78, 5) is 6.30. The molecule has 1 saturated heterocycles. The van der Waals surface area contributed by atoms with Crippen molar-refractivity contribution in [3.8, 4) is 0 Å². The molecular weight excluding hydrogens is 479 g/mol. The number of halogens is 3. The molecule has 1 aliphatic rings. The summed E-state index contributed by atoms with van der Waals surface area (Å²) in [7, 11) is 0. The highest BCUT2D eigenvalue weighted by Crippen LogP contribution is 2.26. The van der Waals surface area contributed by atoms with Crippen LogP contribution in [0, 0.1) is 11.6 Å². The summed E-state index contributed by atoms with van der Waals surface area (Å²) in [5.41, 5.74) is 0.0415. The quantitative estimate of drug-likeness (QED) is 0.359. The predicted octanol–water partition coefficient (Wildman–Crippen LogP) is 2.53. The van der Waals surface area contributed by atoms with Crippen LogP contribution >= 0.6 is 24.0 Å². The molecule has 1 atom stereocenters. The normalized spacial score (nSPS) is 16.8. The van der Waals surface area contributed by atoms with Crippen LogP contribution in [0.4, 0.5) is 14.5 Å². The molecule has 1 fully saturated rings. The smallest absolute Gasteiger partial charge is 0.191 e. The number of hydrogen-bond donors (Lipinski definition) is 2. The maximum Gasteiger partial charge on any atom is 0.191 e. The number of hydrogen-bond acceptors (Lipinski definition) is 4. The van der Waals surface area contributed by atoms with E-state index in [1.807, 2.05) is 18.4 Å². The zero-order chi connectivity index (χ0) is 19.2. The zero-order valence-electron chi connectivity index (χ0n) is 16.0. The molecule has 0 saturated carbocycles. The van der Waals surface area contributed by atoms with Crippen LogP contribution in [0.3, 0.4) is 0 Å². The molecule has 2 aromatic rings. The minimum atomic E-state index is -0.532. The van der Waals surface area contributed by atoms with Gasteiger partial charge in [0.15, 0.2) is 11.8 Å². The van der Waals surface area contributed by atoms with Crippen molar-refractivity contribution in [1.82, 2.24) is 25.4 Å². The van der Waals surface area contributed by atoms with Crippen LogP contribution in [0.25, 0.3) is 0 Å². The Bertz CT molecular complexity index is 776. The average molecular weight is 505 g/mol. The molecule has 0 spiro atoms. The van der Waals surface area contributed by atoms with E-state index >= 15 is 0 Å². The molecule has 10 heteroatoms. The largest absolute Gasteiger partial charge is 0.365 e. The molecule has 28 heavy (non-hydrogen) atoms. The molecule has 1 unspecified atom stereocenters. The summed E-state index contributed by atoms with van der Waals surface area (Å²) in [6.45, 7) is 7.00. The van der Waals surface area contributed by atoms with Crippen molar-refractivity contribution in [1.29, 1.82) is 0 Å². The fourth-order valence-corrected chi connectivity index (χ4v) is 3.20. The molecule has 3 rings (SSSR count). The van der Waals surface area contributed by atoms with Crippen LogP contribution in [-0.2, 0) is 13.1 Å². The van der Waals surface area contributed by atoms with E-state index in [1.165, 1.54) is 18.2 Å². The van der Waals surface area contributed by atoms with Crippen molar-refractivity contribution >= 4 is 35.6 Å². The maximum atomic E-state index is 14.0. The number of para-hydroxylation sites is 1. The molecule has 0 bridgehead atoms. The Morgan fingerprint density at radius 1 is 1.29 bits per heavy atom. The van der Waals surface area contributed by atoms with Gasteiger partial charge in [0.1, 0.15) is 30.2 Å². The van der Waals surface area contributed by atoms with Gasteiger partial charge in [-0.3, -0.25) is 0 Å². The molecule has 0 amide bonds. The molecule has 0 radical (unpaired) electrons. The standard InChI is InChI=1S/C18H25F2N7.HI/c1-3-21-18(22-10-16-25-23-12-26(16)4-2)24-13-8-9-27(11-13)17-14(19)6-5-7-15(17)20;/h5-7,12-13H,3-4,8-11H2,1-2H3,(H2,21,22,24);1H. The fourth-order valence-electron chi connectivity index (χ4n) is 3.20. The highest BCUT2D eigenvalue weighted by Gasteiger charge is 2.27. The highest BCUT2D eigenvalue weighted by molar-refractivity contribution is 14.0. The van der Waals surface area contributed by atoms with Crippen molar-refractivity contribution in [2.24, 2.45) is 4.99 Å². The maximum absolute atomic E-state index is 14.0. The first-order chi connectivity index (χ1) is 13.1. The molecule has 1 aromatic heterocycles. The fraction of sp³-hybridized carbons (Fsp3) is 0.500. The first kappa shape index (κ1) is 22.3. The highest BCUT2D eigenvalue weighted by atomic mass is 127. The molecule has 7 nitrogen and oxygen atoms in total. The summed E-state index contributed by atoms with van der Waals surface area (Å²) in [6, 6.07) is 4.00. The Labute approximate surface area is 180 Å². The van der Waals surface area contributed by atoms with Gasteiger partial charge in [-0.25, -0.2) is 13.8 Å². The minimum absolute atomic E-state index is 0. The Balaban J connectivity index is 0.00000280. The number of nitrogens with zero attached hydrogens (tertiary/aromatic N) is 5. The van der Waals surface area contributed by atoms with Crippen LogP contribution in [0.15, 0.2) is 29.5 Å². The lowest BCUT2D eigenvalue weighted by Gasteiger charge is -2.21. The second-order valence-electron chi connectivity index (χ2n) is 6.37. The van der Waals surface area contributed by atoms with Crippen molar-refractivity contribution in [2.45, 2.75) is 39.4 Å². The molecule has 1 aromatic carbocycles. The van der Waals surface area contributed by atoms with Crippen LogP contribution in [0.2, 0.25) is 0 Å². The van der Waals surface area contributed by atoms with Gasteiger partial charge in [-0.05, 0) is 32.4 Å². The lowest BCUT2D eigenvalue weighted by atomic mass is 10.2. The number of anilines is 1. The van der Waals surface area contributed by atoms with Gasteiger partial charge in [-0.15, -0.1) is 34.2 Å². The Morgan fingerprint density at radius 2 is 2.04 bits per heavy atom. The van der Waals surface area contributed by atoms with Crippen molar-refractivity contribution in [3.63, 3.8) is 0 Å². The van der Waals surface area contributed by atoms with Crippen molar-refractivity contribution in [2.75, 3.05) is 24.5 Å².